The maximum atomic E-state index is 11.5. The molecule has 1 saturated heterocycles. The molecule has 2 unspecified atom stereocenters. The van der Waals surface area contributed by atoms with E-state index >= 15 is 0 Å². The SMILES string of the molecule is CCN(C1CCS(=O)(=O)CC1)C1CCCC1CN. The quantitative estimate of drug-likeness (QED) is 0.831. The molecule has 0 amide bonds. The van der Waals surface area contributed by atoms with Gasteiger partial charge < -0.3 is 5.73 Å². The van der Waals surface area contributed by atoms with Crippen LogP contribution in [0.2, 0.25) is 0 Å². The first kappa shape index (κ1) is 14.3. The Balaban J connectivity index is 2.01. The molecule has 106 valence electrons. The summed E-state index contributed by atoms with van der Waals surface area (Å²) in [7, 11) is -2.75. The lowest BCUT2D eigenvalue weighted by molar-refractivity contribution is 0.107. The van der Waals surface area contributed by atoms with Gasteiger partial charge in [-0.25, -0.2) is 8.42 Å². The summed E-state index contributed by atoms with van der Waals surface area (Å²) in [4.78, 5) is 2.54. The largest absolute Gasteiger partial charge is 0.330 e. The van der Waals surface area contributed by atoms with Crippen molar-refractivity contribution in [3.63, 3.8) is 0 Å². The first-order chi connectivity index (χ1) is 8.57. The van der Waals surface area contributed by atoms with Crippen LogP contribution in [0.15, 0.2) is 0 Å². The minimum Gasteiger partial charge on any atom is -0.330 e. The van der Waals surface area contributed by atoms with Gasteiger partial charge >= 0.3 is 0 Å². The summed E-state index contributed by atoms with van der Waals surface area (Å²) in [6.45, 7) is 3.98. The molecule has 5 heteroatoms. The zero-order chi connectivity index (χ0) is 13.2. The Morgan fingerprint density at radius 1 is 1.17 bits per heavy atom. The van der Waals surface area contributed by atoms with E-state index < -0.39 is 9.84 Å². The normalized spacial score (nSPS) is 33.1. The van der Waals surface area contributed by atoms with Gasteiger partial charge in [0, 0.05) is 12.1 Å². The van der Waals surface area contributed by atoms with Crippen LogP contribution in [0.1, 0.15) is 39.0 Å². The van der Waals surface area contributed by atoms with Gasteiger partial charge in [-0.1, -0.05) is 13.3 Å². The number of hydrogen-bond donors (Lipinski definition) is 1. The van der Waals surface area contributed by atoms with Crippen molar-refractivity contribution in [3.05, 3.63) is 0 Å². The maximum absolute atomic E-state index is 11.5. The Morgan fingerprint density at radius 2 is 1.83 bits per heavy atom. The van der Waals surface area contributed by atoms with E-state index in [1.165, 1.54) is 19.3 Å². The number of nitrogens with two attached hydrogens (primary N) is 1. The molecule has 2 atom stereocenters. The van der Waals surface area contributed by atoms with E-state index in [4.69, 9.17) is 5.73 Å². The highest BCUT2D eigenvalue weighted by atomic mass is 32.2. The van der Waals surface area contributed by atoms with Gasteiger partial charge in [-0.15, -0.1) is 0 Å². The van der Waals surface area contributed by atoms with Crippen LogP contribution in [-0.4, -0.2) is 50.0 Å². The number of hydrogen-bond acceptors (Lipinski definition) is 4. The second kappa shape index (κ2) is 5.88. The molecule has 1 aliphatic carbocycles. The van der Waals surface area contributed by atoms with Crippen LogP contribution in [-0.2, 0) is 9.84 Å². The molecule has 1 saturated carbocycles. The Morgan fingerprint density at radius 3 is 2.39 bits per heavy atom. The molecule has 2 aliphatic rings. The summed E-state index contributed by atoms with van der Waals surface area (Å²) in [5, 5.41) is 0. The molecule has 2 N–H and O–H groups in total. The molecule has 0 aromatic carbocycles. The van der Waals surface area contributed by atoms with Crippen molar-refractivity contribution < 1.29 is 8.42 Å². The average molecular weight is 274 g/mol. The Kier molecular flexibility index (Phi) is 4.67. The highest BCUT2D eigenvalue weighted by Gasteiger charge is 2.36. The Bertz CT molecular complexity index is 355. The average Bonchev–Trinajstić information content (AvgIpc) is 2.80. The predicted molar refractivity (Wildman–Crippen MR) is 74.2 cm³/mol. The van der Waals surface area contributed by atoms with Crippen LogP contribution in [0.5, 0.6) is 0 Å². The van der Waals surface area contributed by atoms with Gasteiger partial charge in [0.15, 0.2) is 0 Å². The molecule has 0 aromatic rings. The van der Waals surface area contributed by atoms with E-state index in [0.717, 1.165) is 25.9 Å². The Hall–Kier alpha value is -0.130. The van der Waals surface area contributed by atoms with Crippen LogP contribution >= 0.6 is 0 Å². The van der Waals surface area contributed by atoms with Crippen LogP contribution in [0.3, 0.4) is 0 Å². The summed E-state index contributed by atoms with van der Waals surface area (Å²) in [6.07, 6.45) is 5.36. The van der Waals surface area contributed by atoms with Crippen molar-refractivity contribution in [3.8, 4) is 0 Å². The van der Waals surface area contributed by atoms with Crippen molar-refractivity contribution in [2.75, 3.05) is 24.6 Å². The van der Waals surface area contributed by atoms with E-state index in [-0.39, 0.29) is 0 Å². The molecule has 0 spiro atoms. The minimum atomic E-state index is -2.75. The smallest absolute Gasteiger partial charge is 0.150 e. The van der Waals surface area contributed by atoms with Gasteiger partial charge in [0.25, 0.3) is 0 Å². The van der Waals surface area contributed by atoms with E-state index in [2.05, 4.69) is 11.8 Å². The van der Waals surface area contributed by atoms with Gasteiger partial charge in [-0.05, 0) is 44.7 Å². The van der Waals surface area contributed by atoms with Crippen LogP contribution < -0.4 is 5.73 Å². The van der Waals surface area contributed by atoms with Gasteiger partial charge in [-0.2, -0.15) is 0 Å². The van der Waals surface area contributed by atoms with Crippen molar-refractivity contribution >= 4 is 9.84 Å². The minimum absolute atomic E-state index is 0.369. The fourth-order valence-electron chi connectivity index (χ4n) is 3.70. The van der Waals surface area contributed by atoms with Gasteiger partial charge in [0.05, 0.1) is 11.5 Å². The lowest BCUT2D eigenvalue weighted by atomic mass is 9.98. The zero-order valence-corrected chi connectivity index (χ0v) is 12.2. The maximum Gasteiger partial charge on any atom is 0.150 e. The van der Waals surface area contributed by atoms with E-state index in [9.17, 15) is 8.42 Å². The summed E-state index contributed by atoms with van der Waals surface area (Å²) in [5.41, 5.74) is 5.87. The Labute approximate surface area is 111 Å². The van der Waals surface area contributed by atoms with Crippen LogP contribution in [0, 0.1) is 5.92 Å². The molecular formula is C13H26N2O2S. The number of nitrogens with zero attached hydrogens (tertiary/aromatic N) is 1. The standard InChI is InChI=1S/C13H26N2O2S/c1-2-15(13-5-3-4-11(13)10-14)12-6-8-18(16,17)9-7-12/h11-13H,2-10,14H2,1H3. The second-order valence-corrected chi connectivity index (χ2v) is 8.01. The van der Waals surface area contributed by atoms with Crippen LogP contribution in [0.25, 0.3) is 0 Å². The van der Waals surface area contributed by atoms with Crippen molar-refractivity contribution in [2.45, 2.75) is 51.1 Å². The molecule has 2 rings (SSSR count). The van der Waals surface area contributed by atoms with Crippen molar-refractivity contribution in [1.82, 2.24) is 4.90 Å². The van der Waals surface area contributed by atoms with E-state index in [0.29, 0.717) is 29.5 Å². The fourth-order valence-corrected chi connectivity index (χ4v) is 5.17. The molecule has 0 radical (unpaired) electrons. The summed E-state index contributed by atoms with van der Waals surface area (Å²) < 4.78 is 23.0. The third kappa shape index (κ3) is 3.06. The first-order valence-corrected chi connectivity index (χ1v) is 9.05. The third-order valence-corrected chi connectivity index (χ3v) is 6.42. The topological polar surface area (TPSA) is 63.4 Å². The molecule has 4 nitrogen and oxygen atoms in total. The summed E-state index contributed by atoms with van der Waals surface area (Å²) in [6, 6.07) is 1.04. The number of sulfone groups is 1. The molecule has 1 heterocycles. The summed E-state index contributed by atoms with van der Waals surface area (Å²) >= 11 is 0. The van der Waals surface area contributed by atoms with Crippen molar-refractivity contribution in [2.24, 2.45) is 11.7 Å². The van der Waals surface area contributed by atoms with Crippen molar-refractivity contribution in [1.29, 1.82) is 0 Å². The molecule has 1 aliphatic heterocycles. The zero-order valence-electron chi connectivity index (χ0n) is 11.3. The lowest BCUT2D eigenvalue weighted by Gasteiger charge is -2.40. The highest BCUT2D eigenvalue weighted by molar-refractivity contribution is 7.91. The molecule has 0 bridgehead atoms. The fraction of sp³-hybridized carbons (Fsp3) is 1.00. The first-order valence-electron chi connectivity index (χ1n) is 7.23. The molecule has 0 aromatic heterocycles. The van der Waals surface area contributed by atoms with Gasteiger partial charge in [-0.3, -0.25) is 4.90 Å². The summed E-state index contributed by atoms with van der Waals surface area (Å²) in [5.74, 6) is 1.35. The molecule has 2 fully saturated rings. The van der Waals surface area contributed by atoms with E-state index in [1.54, 1.807) is 0 Å². The highest BCUT2D eigenvalue weighted by Crippen LogP contribution is 2.32. The lowest BCUT2D eigenvalue weighted by Crippen LogP contribution is -2.49. The molecule has 18 heavy (non-hydrogen) atoms. The van der Waals surface area contributed by atoms with Gasteiger partial charge in [0.1, 0.15) is 9.84 Å². The van der Waals surface area contributed by atoms with Crippen LogP contribution in [0.4, 0.5) is 0 Å². The predicted octanol–water partition coefficient (Wildman–Crippen LogP) is 1.01. The van der Waals surface area contributed by atoms with E-state index in [1.807, 2.05) is 0 Å². The number of rotatable bonds is 4. The van der Waals surface area contributed by atoms with Gasteiger partial charge in [0.2, 0.25) is 0 Å². The third-order valence-electron chi connectivity index (χ3n) is 4.71. The molecular weight excluding hydrogens is 248 g/mol. The second-order valence-electron chi connectivity index (χ2n) is 5.71. The monoisotopic (exact) mass is 274 g/mol.